The molecule has 3 aromatic rings. The molecule has 2 aromatic carbocycles. The van der Waals surface area contributed by atoms with Gasteiger partial charge in [0.15, 0.2) is 0 Å². The van der Waals surface area contributed by atoms with E-state index < -0.39 is 17.7 Å². The molecule has 7 nitrogen and oxygen atoms in total. The Morgan fingerprint density at radius 3 is 2.53 bits per heavy atom. The summed E-state index contributed by atoms with van der Waals surface area (Å²) in [4.78, 5) is 31.7. The van der Waals surface area contributed by atoms with Crippen LogP contribution in [0.3, 0.4) is 0 Å². The van der Waals surface area contributed by atoms with Gasteiger partial charge in [-0.05, 0) is 61.7 Å². The maximum Gasteiger partial charge on any atom is 0.295 e. The van der Waals surface area contributed by atoms with Crippen molar-refractivity contribution in [1.82, 2.24) is 9.88 Å². The van der Waals surface area contributed by atoms with Crippen LogP contribution in [-0.4, -0.2) is 45.9 Å². The molecular formula is C29H30N2O5. The summed E-state index contributed by atoms with van der Waals surface area (Å²) < 4.78 is 11.6. The number of aliphatic hydroxyl groups is 1. The molecule has 0 spiro atoms. The second kappa shape index (κ2) is 11.2. The first kappa shape index (κ1) is 25.1. The Morgan fingerprint density at radius 1 is 1.08 bits per heavy atom. The highest BCUT2D eigenvalue weighted by atomic mass is 16.5. The lowest BCUT2D eigenvalue weighted by molar-refractivity contribution is -0.140. The Balaban J connectivity index is 1.66. The first-order valence-corrected chi connectivity index (χ1v) is 11.9. The average Bonchev–Trinajstić information content (AvgIpc) is 3.13. The summed E-state index contributed by atoms with van der Waals surface area (Å²) in [5.41, 5.74) is 2.96. The van der Waals surface area contributed by atoms with Crippen molar-refractivity contribution < 1.29 is 24.2 Å². The van der Waals surface area contributed by atoms with Gasteiger partial charge in [-0.2, -0.15) is 0 Å². The number of aromatic nitrogens is 1. The number of carbonyl (C=O) groups is 2. The second-order valence-electron chi connectivity index (χ2n) is 8.95. The lowest BCUT2D eigenvalue weighted by Gasteiger charge is -2.25. The molecule has 1 N–H and O–H groups in total. The summed E-state index contributed by atoms with van der Waals surface area (Å²) >= 11 is 0. The fourth-order valence-electron chi connectivity index (χ4n) is 4.23. The number of benzene rings is 2. The fraction of sp³-hybridized carbons (Fsp3) is 0.276. The van der Waals surface area contributed by atoms with E-state index in [0.717, 1.165) is 11.1 Å². The van der Waals surface area contributed by atoms with Crippen LogP contribution < -0.4 is 4.74 Å². The standard InChI is InChI=1S/C29H30N2O5/c1-19(2)35-15-14-31-26(23-10-7-13-30-17-23)25(28(33)29(31)34)27(32)22-11-12-24(20(3)16-22)36-18-21-8-5-4-6-9-21/h4-13,16-17,19,26,32H,14-15,18H2,1-3H3/b27-25-. The number of nitrogens with zero attached hydrogens (tertiary/aromatic N) is 2. The number of carbonyl (C=O) groups excluding carboxylic acids is 2. The molecule has 0 aliphatic carbocycles. The summed E-state index contributed by atoms with van der Waals surface area (Å²) in [7, 11) is 0. The zero-order valence-electron chi connectivity index (χ0n) is 20.7. The van der Waals surface area contributed by atoms with Crippen molar-refractivity contribution in [3.8, 4) is 5.75 Å². The van der Waals surface area contributed by atoms with Crippen LogP contribution in [0.1, 0.15) is 42.1 Å². The molecule has 1 aliphatic heterocycles. The van der Waals surface area contributed by atoms with Gasteiger partial charge in [-0.15, -0.1) is 0 Å². The molecule has 0 bridgehead atoms. The van der Waals surface area contributed by atoms with Crippen molar-refractivity contribution in [2.75, 3.05) is 13.2 Å². The van der Waals surface area contributed by atoms with Gasteiger partial charge in [-0.25, -0.2) is 0 Å². The van der Waals surface area contributed by atoms with Gasteiger partial charge in [0.2, 0.25) is 0 Å². The van der Waals surface area contributed by atoms with E-state index in [1.807, 2.05) is 51.1 Å². The van der Waals surface area contributed by atoms with Crippen LogP contribution in [0.25, 0.3) is 5.76 Å². The minimum absolute atomic E-state index is 0.00994. The number of amides is 1. The van der Waals surface area contributed by atoms with Gasteiger partial charge in [0.05, 0.1) is 24.3 Å². The number of aryl methyl sites for hydroxylation is 1. The number of aliphatic hydroxyl groups excluding tert-OH is 1. The third-order valence-electron chi connectivity index (χ3n) is 6.01. The van der Waals surface area contributed by atoms with Crippen LogP contribution in [0.5, 0.6) is 5.75 Å². The average molecular weight is 487 g/mol. The van der Waals surface area contributed by atoms with Gasteiger partial charge < -0.3 is 19.5 Å². The molecule has 0 radical (unpaired) electrons. The molecule has 1 saturated heterocycles. The molecule has 1 fully saturated rings. The zero-order chi connectivity index (χ0) is 25.7. The topological polar surface area (TPSA) is 89.0 Å². The number of Topliss-reactive ketones (excluding diaryl/α,β-unsaturated/α-hetero) is 1. The van der Waals surface area contributed by atoms with Gasteiger partial charge >= 0.3 is 0 Å². The molecule has 36 heavy (non-hydrogen) atoms. The zero-order valence-corrected chi connectivity index (χ0v) is 20.7. The lowest BCUT2D eigenvalue weighted by Crippen LogP contribution is -2.33. The van der Waals surface area contributed by atoms with Crippen LogP contribution in [0, 0.1) is 6.92 Å². The van der Waals surface area contributed by atoms with Crippen LogP contribution in [0.15, 0.2) is 78.6 Å². The molecular weight excluding hydrogens is 456 g/mol. The molecule has 4 rings (SSSR count). The molecule has 0 saturated carbocycles. The normalized spacial score (nSPS) is 17.1. The number of hydrogen-bond acceptors (Lipinski definition) is 6. The van der Waals surface area contributed by atoms with E-state index in [9.17, 15) is 14.7 Å². The van der Waals surface area contributed by atoms with Crippen molar-refractivity contribution in [2.45, 2.75) is 39.5 Å². The molecule has 1 atom stereocenters. The van der Waals surface area contributed by atoms with E-state index in [4.69, 9.17) is 9.47 Å². The number of ketones is 1. The van der Waals surface area contributed by atoms with Gasteiger partial charge in [-0.3, -0.25) is 14.6 Å². The summed E-state index contributed by atoms with van der Waals surface area (Å²) in [6, 6.07) is 17.8. The highest BCUT2D eigenvalue weighted by Gasteiger charge is 2.46. The summed E-state index contributed by atoms with van der Waals surface area (Å²) in [5.74, 6) is -0.956. The Morgan fingerprint density at radius 2 is 1.86 bits per heavy atom. The van der Waals surface area contributed by atoms with Crippen molar-refractivity contribution >= 4 is 17.4 Å². The van der Waals surface area contributed by atoms with Crippen molar-refractivity contribution in [1.29, 1.82) is 0 Å². The van der Waals surface area contributed by atoms with E-state index >= 15 is 0 Å². The molecule has 1 aliphatic rings. The summed E-state index contributed by atoms with van der Waals surface area (Å²) in [6.45, 7) is 6.58. The third-order valence-corrected chi connectivity index (χ3v) is 6.01. The second-order valence-corrected chi connectivity index (χ2v) is 8.95. The Kier molecular flexibility index (Phi) is 7.80. The van der Waals surface area contributed by atoms with E-state index in [1.165, 1.54) is 4.90 Å². The minimum atomic E-state index is -0.760. The molecule has 2 heterocycles. The Hall–Kier alpha value is -3.97. The number of hydrogen-bond donors (Lipinski definition) is 1. The van der Waals surface area contributed by atoms with Crippen LogP contribution >= 0.6 is 0 Å². The summed E-state index contributed by atoms with van der Waals surface area (Å²) in [5, 5.41) is 11.3. The van der Waals surface area contributed by atoms with Crippen LogP contribution in [-0.2, 0) is 20.9 Å². The van der Waals surface area contributed by atoms with Crippen LogP contribution in [0.2, 0.25) is 0 Å². The monoisotopic (exact) mass is 486 g/mol. The SMILES string of the molecule is Cc1cc(/C(O)=C2/C(=O)C(=O)N(CCOC(C)C)C2c2cccnc2)ccc1OCc1ccccc1. The minimum Gasteiger partial charge on any atom is -0.507 e. The maximum absolute atomic E-state index is 13.1. The number of likely N-dealkylation sites (tertiary alicyclic amines) is 1. The largest absolute Gasteiger partial charge is 0.507 e. The van der Waals surface area contributed by atoms with E-state index in [2.05, 4.69) is 4.98 Å². The maximum atomic E-state index is 13.1. The molecule has 7 heteroatoms. The van der Waals surface area contributed by atoms with Crippen LogP contribution in [0.4, 0.5) is 0 Å². The predicted molar refractivity (Wildman–Crippen MR) is 136 cm³/mol. The number of ether oxygens (including phenoxy) is 2. The molecule has 186 valence electrons. The molecule has 1 unspecified atom stereocenters. The third kappa shape index (κ3) is 5.47. The smallest absolute Gasteiger partial charge is 0.295 e. The first-order chi connectivity index (χ1) is 17.4. The van der Waals surface area contributed by atoms with E-state index in [1.54, 1.807) is 42.7 Å². The number of pyridine rings is 1. The highest BCUT2D eigenvalue weighted by molar-refractivity contribution is 6.46. The quantitative estimate of drug-likeness (QED) is 0.265. The van der Waals surface area contributed by atoms with Gasteiger partial charge in [0.1, 0.15) is 18.1 Å². The number of rotatable bonds is 9. The van der Waals surface area contributed by atoms with Gasteiger partial charge in [0.25, 0.3) is 11.7 Å². The van der Waals surface area contributed by atoms with Crippen molar-refractivity contribution in [2.24, 2.45) is 0 Å². The fourth-order valence-corrected chi connectivity index (χ4v) is 4.23. The molecule has 1 aromatic heterocycles. The van der Waals surface area contributed by atoms with E-state index in [-0.39, 0.29) is 30.6 Å². The van der Waals surface area contributed by atoms with Gasteiger partial charge in [0, 0.05) is 24.5 Å². The predicted octanol–water partition coefficient (Wildman–Crippen LogP) is 4.82. The summed E-state index contributed by atoms with van der Waals surface area (Å²) in [6.07, 6.45) is 3.21. The molecule has 1 amide bonds. The Labute approximate surface area is 211 Å². The van der Waals surface area contributed by atoms with Crippen molar-refractivity contribution in [3.05, 3.63) is 101 Å². The van der Waals surface area contributed by atoms with Gasteiger partial charge in [-0.1, -0.05) is 36.4 Å². The Bertz CT molecular complexity index is 1260. The lowest BCUT2D eigenvalue weighted by atomic mass is 9.95. The van der Waals surface area contributed by atoms with Crippen molar-refractivity contribution in [3.63, 3.8) is 0 Å². The first-order valence-electron chi connectivity index (χ1n) is 11.9. The highest BCUT2D eigenvalue weighted by Crippen LogP contribution is 2.39. The van der Waals surface area contributed by atoms with E-state index in [0.29, 0.717) is 23.5 Å².